The second-order valence-electron chi connectivity index (χ2n) is 4.16. The summed E-state index contributed by atoms with van der Waals surface area (Å²) in [4.78, 5) is 4.20. The number of hydroxylamine groups is 1. The average molecular weight is 359 g/mol. The third kappa shape index (κ3) is 4.38. The van der Waals surface area contributed by atoms with E-state index >= 15 is 0 Å². The quantitative estimate of drug-likeness (QED) is 0.337. The minimum Gasteiger partial charge on any atom is -0.466 e. The summed E-state index contributed by atoms with van der Waals surface area (Å²) >= 11 is 3.29. The first-order valence-electron chi connectivity index (χ1n) is 6.22. The van der Waals surface area contributed by atoms with Gasteiger partial charge < -0.3 is 9.15 Å². The number of aromatic nitrogens is 2. The molecular weight excluding hydrogens is 344 g/mol. The Bertz CT molecular complexity index is 596. The highest BCUT2D eigenvalue weighted by Crippen LogP contribution is 2.15. The van der Waals surface area contributed by atoms with Gasteiger partial charge in [0.05, 0.1) is 11.0 Å². The Labute approximate surface area is 129 Å². The van der Waals surface area contributed by atoms with Crippen LogP contribution in [0.4, 0.5) is 0 Å². The number of aryl methyl sites for hydroxylation is 1. The van der Waals surface area contributed by atoms with Crippen LogP contribution in [0, 0.1) is 0 Å². The van der Waals surface area contributed by atoms with Crippen LogP contribution in [0.25, 0.3) is 0 Å². The van der Waals surface area contributed by atoms with E-state index in [-0.39, 0.29) is 12.4 Å². The standard InChI is InChI=1S/C12H15BrN4O4/c1-19-4-2-3-10-11(17-21-16-10)12(15-18)14-6-9-5-8(13)7-20-9/h5,7,18H,2-4,6H2,1H3,(H,14,15). The van der Waals surface area contributed by atoms with Crippen molar-refractivity contribution in [3.8, 4) is 0 Å². The van der Waals surface area contributed by atoms with Crippen LogP contribution in [0.2, 0.25) is 0 Å². The van der Waals surface area contributed by atoms with Crippen molar-refractivity contribution in [3.63, 3.8) is 0 Å². The zero-order chi connectivity index (χ0) is 15.1. The molecular formula is C12H15BrN4O4. The fourth-order valence-corrected chi connectivity index (χ4v) is 2.04. The second-order valence-corrected chi connectivity index (χ2v) is 5.08. The van der Waals surface area contributed by atoms with Gasteiger partial charge in [-0.1, -0.05) is 5.16 Å². The summed E-state index contributed by atoms with van der Waals surface area (Å²) in [5, 5.41) is 16.8. The van der Waals surface area contributed by atoms with Gasteiger partial charge in [-0.15, -0.1) is 0 Å². The van der Waals surface area contributed by atoms with Crippen LogP contribution in [-0.2, 0) is 17.7 Å². The first kappa shape index (κ1) is 15.7. The molecule has 2 heterocycles. The van der Waals surface area contributed by atoms with Crippen molar-refractivity contribution in [1.82, 2.24) is 15.8 Å². The lowest BCUT2D eigenvalue weighted by atomic mass is 10.2. The van der Waals surface area contributed by atoms with E-state index in [2.05, 4.69) is 31.2 Å². The van der Waals surface area contributed by atoms with Gasteiger partial charge >= 0.3 is 0 Å². The first-order valence-corrected chi connectivity index (χ1v) is 7.02. The Morgan fingerprint density at radius 3 is 3.05 bits per heavy atom. The highest BCUT2D eigenvalue weighted by atomic mass is 79.9. The van der Waals surface area contributed by atoms with E-state index in [0.717, 1.165) is 10.9 Å². The average Bonchev–Trinajstić information content (AvgIpc) is 3.10. The Morgan fingerprint density at radius 1 is 1.52 bits per heavy atom. The van der Waals surface area contributed by atoms with Gasteiger partial charge in [-0.2, -0.15) is 0 Å². The second kappa shape index (κ2) is 7.91. The Kier molecular flexibility index (Phi) is 5.90. The van der Waals surface area contributed by atoms with Gasteiger partial charge in [0.25, 0.3) is 0 Å². The third-order valence-corrected chi connectivity index (χ3v) is 3.08. The lowest BCUT2D eigenvalue weighted by Crippen LogP contribution is -2.22. The number of methoxy groups -OCH3 is 1. The van der Waals surface area contributed by atoms with Crippen LogP contribution < -0.4 is 5.48 Å². The van der Waals surface area contributed by atoms with Crippen LogP contribution in [0.15, 0.2) is 30.8 Å². The number of halogens is 1. The third-order valence-electron chi connectivity index (χ3n) is 2.66. The van der Waals surface area contributed by atoms with Crippen molar-refractivity contribution in [3.05, 3.63) is 34.0 Å². The number of hydrogen-bond donors (Lipinski definition) is 2. The maximum atomic E-state index is 9.22. The maximum Gasteiger partial charge on any atom is 0.177 e. The van der Waals surface area contributed by atoms with E-state index < -0.39 is 0 Å². The topological polar surface area (TPSA) is 106 Å². The molecule has 114 valence electrons. The molecule has 21 heavy (non-hydrogen) atoms. The summed E-state index contributed by atoms with van der Waals surface area (Å²) in [5.74, 6) is 0.822. The van der Waals surface area contributed by atoms with Crippen molar-refractivity contribution in [2.75, 3.05) is 13.7 Å². The summed E-state index contributed by atoms with van der Waals surface area (Å²) in [6.07, 6.45) is 2.94. The monoisotopic (exact) mass is 358 g/mol. The molecule has 0 aliphatic carbocycles. The van der Waals surface area contributed by atoms with E-state index in [9.17, 15) is 5.21 Å². The highest BCUT2D eigenvalue weighted by molar-refractivity contribution is 9.10. The number of rotatable bonds is 7. The maximum absolute atomic E-state index is 9.22. The summed E-state index contributed by atoms with van der Waals surface area (Å²) in [6.45, 7) is 0.852. The molecule has 0 fully saturated rings. The van der Waals surface area contributed by atoms with Gasteiger partial charge in [0.1, 0.15) is 17.7 Å². The molecule has 2 N–H and O–H groups in total. The minimum absolute atomic E-state index is 0.177. The summed E-state index contributed by atoms with van der Waals surface area (Å²) in [7, 11) is 1.63. The molecule has 9 heteroatoms. The number of hydrogen-bond acceptors (Lipinski definition) is 7. The molecule has 0 saturated heterocycles. The van der Waals surface area contributed by atoms with E-state index in [1.165, 1.54) is 0 Å². The van der Waals surface area contributed by atoms with E-state index in [1.807, 2.05) is 5.48 Å². The number of aliphatic imine (C=N–C) groups is 1. The molecule has 8 nitrogen and oxygen atoms in total. The molecule has 0 aliphatic rings. The smallest absolute Gasteiger partial charge is 0.177 e. The number of furan rings is 1. The number of nitrogens with zero attached hydrogens (tertiary/aromatic N) is 3. The summed E-state index contributed by atoms with van der Waals surface area (Å²) < 4.78 is 15.8. The van der Waals surface area contributed by atoms with E-state index in [4.69, 9.17) is 13.8 Å². The Morgan fingerprint density at radius 2 is 2.38 bits per heavy atom. The van der Waals surface area contributed by atoms with Crippen LogP contribution in [0.1, 0.15) is 23.6 Å². The molecule has 2 rings (SSSR count). The summed E-state index contributed by atoms with van der Waals surface area (Å²) in [5.41, 5.74) is 2.99. The van der Waals surface area contributed by atoms with Crippen molar-refractivity contribution < 1.29 is 19.0 Å². The van der Waals surface area contributed by atoms with Crippen LogP contribution in [0.3, 0.4) is 0 Å². The molecule has 0 spiro atoms. The molecule has 2 aromatic rings. The zero-order valence-electron chi connectivity index (χ0n) is 11.4. The van der Waals surface area contributed by atoms with Gasteiger partial charge in [0.15, 0.2) is 11.5 Å². The molecule has 2 aromatic heterocycles. The number of ether oxygens (including phenoxy) is 1. The minimum atomic E-state index is 0.177. The van der Waals surface area contributed by atoms with Gasteiger partial charge in [-0.3, -0.25) is 15.7 Å². The van der Waals surface area contributed by atoms with Gasteiger partial charge in [0, 0.05) is 13.7 Å². The van der Waals surface area contributed by atoms with Crippen molar-refractivity contribution >= 4 is 21.8 Å². The zero-order valence-corrected chi connectivity index (χ0v) is 13.0. The molecule has 0 aromatic carbocycles. The predicted octanol–water partition coefficient (Wildman–Crippen LogP) is 1.93. The lowest BCUT2D eigenvalue weighted by Gasteiger charge is -2.02. The SMILES string of the molecule is COCCCc1nonc1C(=NCc1cc(Br)co1)NO. The molecule has 0 bridgehead atoms. The molecule has 0 saturated carbocycles. The van der Waals surface area contributed by atoms with Crippen LogP contribution >= 0.6 is 15.9 Å². The molecule has 0 atom stereocenters. The lowest BCUT2D eigenvalue weighted by molar-refractivity contribution is 0.194. The van der Waals surface area contributed by atoms with Crippen LogP contribution in [0.5, 0.6) is 0 Å². The normalized spacial score (nSPS) is 11.9. The molecule has 0 radical (unpaired) electrons. The van der Waals surface area contributed by atoms with E-state index in [1.54, 1.807) is 19.4 Å². The molecule has 0 amide bonds. The number of amidine groups is 1. The predicted molar refractivity (Wildman–Crippen MR) is 76.1 cm³/mol. The fourth-order valence-electron chi connectivity index (χ4n) is 1.69. The summed E-state index contributed by atoms with van der Waals surface area (Å²) in [6, 6.07) is 1.79. The largest absolute Gasteiger partial charge is 0.466 e. The van der Waals surface area contributed by atoms with Gasteiger partial charge in [-0.25, -0.2) is 4.63 Å². The Hall–Kier alpha value is -1.71. The highest BCUT2D eigenvalue weighted by Gasteiger charge is 2.16. The van der Waals surface area contributed by atoms with Gasteiger partial charge in [-0.05, 0) is 40.0 Å². The van der Waals surface area contributed by atoms with E-state index in [0.29, 0.717) is 30.2 Å². The van der Waals surface area contributed by atoms with Crippen LogP contribution in [-0.4, -0.2) is 35.1 Å². The van der Waals surface area contributed by atoms with Crippen molar-refractivity contribution in [2.45, 2.75) is 19.4 Å². The molecule has 0 aliphatic heterocycles. The fraction of sp³-hybridized carbons (Fsp3) is 0.417. The first-order chi connectivity index (χ1) is 10.2. The van der Waals surface area contributed by atoms with Crippen molar-refractivity contribution in [2.24, 2.45) is 4.99 Å². The Balaban J connectivity index is 2.08. The molecule has 0 unspecified atom stereocenters. The number of nitrogens with one attached hydrogen (secondary N) is 1. The van der Waals surface area contributed by atoms with Crippen molar-refractivity contribution in [1.29, 1.82) is 0 Å². The van der Waals surface area contributed by atoms with Gasteiger partial charge in [0.2, 0.25) is 0 Å².